The first kappa shape index (κ1) is 43.4. The molecule has 0 N–H and O–H groups in total. The molecule has 3 fully saturated rings. The lowest BCUT2D eigenvalue weighted by Gasteiger charge is -2.32. The van der Waals surface area contributed by atoms with Gasteiger partial charge in [0.2, 0.25) is 0 Å². The van der Waals surface area contributed by atoms with Crippen molar-refractivity contribution in [3.63, 3.8) is 0 Å². The van der Waals surface area contributed by atoms with Crippen molar-refractivity contribution in [2.24, 2.45) is 0 Å². The molecule has 0 atom stereocenters. The van der Waals surface area contributed by atoms with Gasteiger partial charge >= 0.3 is 21.1 Å². The molecular formula is C34H51B3Br2N2O6. The van der Waals surface area contributed by atoms with Gasteiger partial charge in [-0.1, -0.05) is 52.8 Å². The number of nitriles is 2. The summed E-state index contributed by atoms with van der Waals surface area (Å²) in [4.78, 5) is 0. The number of hydrogen-bond acceptors (Lipinski definition) is 8. The van der Waals surface area contributed by atoms with Crippen LogP contribution >= 0.6 is 31.9 Å². The maximum atomic E-state index is 8.98. The molecule has 0 unspecified atom stereocenters. The van der Waals surface area contributed by atoms with Gasteiger partial charge in [-0.15, -0.1) is 0 Å². The van der Waals surface area contributed by atoms with Crippen LogP contribution in [0.25, 0.3) is 0 Å². The van der Waals surface area contributed by atoms with Crippen LogP contribution in [0.5, 0.6) is 0 Å². The lowest BCUT2D eigenvalue weighted by molar-refractivity contribution is 0.00578. The highest BCUT2D eigenvalue weighted by Crippen LogP contribution is 2.43. The zero-order chi connectivity index (χ0) is 34.2. The minimum absolute atomic E-state index is 0. The highest BCUT2D eigenvalue weighted by Gasteiger charge is 2.63. The van der Waals surface area contributed by atoms with Crippen molar-refractivity contribution in [1.29, 1.82) is 10.5 Å². The molecule has 0 spiro atoms. The highest BCUT2D eigenvalue weighted by atomic mass is 79.9. The molecule has 2 aromatic rings. The molecule has 3 aliphatic rings. The number of benzene rings is 2. The van der Waals surface area contributed by atoms with Gasteiger partial charge in [0.1, 0.15) is 0 Å². The van der Waals surface area contributed by atoms with Crippen molar-refractivity contribution >= 4 is 58.5 Å². The number of rotatable bonds is 2. The van der Waals surface area contributed by atoms with Gasteiger partial charge in [-0.3, -0.25) is 0 Å². The van der Waals surface area contributed by atoms with E-state index in [4.69, 9.17) is 38.4 Å². The van der Waals surface area contributed by atoms with Gasteiger partial charge in [0.15, 0.2) is 0 Å². The highest BCUT2D eigenvalue weighted by molar-refractivity contribution is 9.10. The summed E-state index contributed by atoms with van der Waals surface area (Å²) < 4.78 is 37.6. The number of halogens is 2. The Hall–Kier alpha value is -1.67. The topological polar surface area (TPSA) is 103 Å². The van der Waals surface area contributed by atoms with E-state index < -0.39 is 21.1 Å². The van der Waals surface area contributed by atoms with E-state index in [-0.39, 0.29) is 48.5 Å². The van der Waals surface area contributed by atoms with Crippen LogP contribution in [0.1, 0.15) is 109 Å². The van der Waals surface area contributed by atoms with Crippen molar-refractivity contribution in [2.75, 3.05) is 0 Å². The Bertz CT molecular complexity index is 1390. The predicted molar refractivity (Wildman–Crippen MR) is 199 cm³/mol. The molecule has 3 heterocycles. The van der Waals surface area contributed by atoms with Crippen molar-refractivity contribution in [3.05, 3.63) is 62.5 Å². The minimum Gasteiger partial charge on any atom is -0.405 e. The van der Waals surface area contributed by atoms with Crippen LogP contribution in [0, 0.1) is 22.7 Å². The summed E-state index contributed by atoms with van der Waals surface area (Å²) in [6.07, 6.45) is 0. The summed E-state index contributed by atoms with van der Waals surface area (Å²) in [6, 6.07) is 16.9. The van der Waals surface area contributed by atoms with Crippen molar-refractivity contribution in [3.8, 4) is 12.1 Å². The summed E-state index contributed by atoms with van der Waals surface area (Å²) in [5, 5.41) is 17.4. The van der Waals surface area contributed by atoms with Crippen LogP contribution in [-0.4, -0.2) is 54.7 Å². The molecule has 0 saturated carbocycles. The van der Waals surface area contributed by atoms with Gasteiger partial charge < -0.3 is 27.9 Å². The standard InChI is InChI=1S/C13H15BBrNO2.C12H24B2O4.C7H4BrN.2CH4/c1-12(2)13(3,4)18-14(17-12)10-5-9(8-16)6-11(15)7-10;1-9(2)10(3,4)16-13(15-9)14-17-11(5,6)12(7,8)18-14;8-7-3-1-2-6(4-7)5-9;;/h5-7H,1-4H3;1-8H3;1-4H;2*1H4. The van der Waals surface area contributed by atoms with Gasteiger partial charge in [-0.25, -0.2) is 0 Å². The van der Waals surface area contributed by atoms with E-state index in [0.29, 0.717) is 11.1 Å². The molecule has 8 nitrogen and oxygen atoms in total. The molecule has 0 amide bonds. The normalized spacial score (nSPS) is 21.8. The van der Waals surface area contributed by atoms with E-state index in [1.54, 1.807) is 24.3 Å². The first-order valence-electron chi connectivity index (χ1n) is 14.9. The van der Waals surface area contributed by atoms with Gasteiger partial charge in [0.25, 0.3) is 0 Å². The van der Waals surface area contributed by atoms with E-state index in [0.717, 1.165) is 14.4 Å². The zero-order valence-corrected chi connectivity index (χ0v) is 31.5. The summed E-state index contributed by atoms with van der Waals surface area (Å²) >= 11 is 6.65. The van der Waals surface area contributed by atoms with Gasteiger partial charge in [0.05, 0.1) is 56.9 Å². The Labute approximate surface area is 301 Å². The second-order valence-corrected chi connectivity index (χ2v) is 16.2. The van der Waals surface area contributed by atoms with Crippen LogP contribution in [0.15, 0.2) is 51.4 Å². The van der Waals surface area contributed by atoms with Crippen molar-refractivity contribution in [2.45, 2.75) is 132 Å². The van der Waals surface area contributed by atoms with E-state index in [1.165, 1.54) is 0 Å². The van der Waals surface area contributed by atoms with Crippen molar-refractivity contribution < 1.29 is 27.9 Å². The third-order valence-corrected chi connectivity index (χ3v) is 10.2. The van der Waals surface area contributed by atoms with Crippen molar-refractivity contribution in [1.82, 2.24) is 0 Å². The molecule has 2 aromatic carbocycles. The quantitative estimate of drug-likeness (QED) is 0.280. The smallest absolute Gasteiger partial charge is 0.405 e. The van der Waals surface area contributed by atoms with E-state index in [9.17, 15) is 0 Å². The largest absolute Gasteiger partial charge is 0.494 e. The molecule has 3 saturated heterocycles. The Morgan fingerprint density at radius 3 is 1.21 bits per heavy atom. The third-order valence-electron chi connectivity index (χ3n) is 9.29. The molecule has 0 aliphatic carbocycles. The fourth-order valence-electron chi connectivity index (χ4n) is 4.35. The minimum atomic E-state index is -0.476. The lowest BCUT2D eigenvalue weighted by Crippen LogP contribution is -2.41. The Balaban J connectivity index is 0.000000364. The van der Waals surface area contributed by atoms with Crippen LogP contribution in [0.3, 0.4) is 0 Å². The fraction of sp³-hybridized carbons (Fsp3) is 0.588. The predicted octanol–water partition coefficient (Wildman–Crippen LogP) is 8.46. The monoisotopic (exact) mass is 774 g/mol. The molecular weight excluding hydrogens is 725 g/mol. The Kier molecular flexibility index (Phi) is 14.3. The summed E-state index contributed by atoms with van der Waals surface area (Å²) in [7, 11) is -1.38. The van der Waals surface area contributed by atoms with Gasteiger partial charge in [0, 0.05) is 8.95 Å². The molecule has 0 aromatic heterocycles. The number of nitrogens with zero attached hydrogens (tertiary/aromatic N) is 2. The summed E-state index contributed by atoms with van der Waals surface area (Å²) in [6.45, 7) is 24.2. The SMILES string of the molecule is C.C.CC1(C)OB(B2OC(C)(C)C(C)(C)O2)OC1(C)C.CC1(C)OB(c2cc(Br)cc(C#N)c2)OC1(C)C.N#Cc1cccc(Br)c1. The average molecular weight is 776 g/mol. The molecule has 13 heteroatoms. The first-order valence-corrected chi connectivity index (χ1v) is 16.5. The molecule has 0 radical (unpaired) electrons. The molecule has 5 rings (SSSR count). The Morgan fingerprint density at radius 2 is 0.872 bits per heavy atom. The van der Waals surface area contributed by atoms with Crippen LogP contribution in [-0.2, 0) is 27.9 Å². The van der Waals surface area contributed by atoms with E-state index >= 15 is 0 Å². The van der Waals surface area contributed by atoms with Crippen LogP contribution < -0.4 is 5.46 Å². The lowest BCUT2D eigenvalue weighted by atomic mass is 9.49. The third kappa shape index (κ3) is 9.96. The first-order chi connectivity index (χ1) is 20.5. The fourth-order valence-corrected chi connectivity index (χ4v) is 5.26. The molecule has 0 bridgehead atoms. The van der Waals surface area contributed by atoms with Crippen LogP contribution in [0.4, 0.5) is 0 Å². The van der Waals surface area contributed by atoms with E-state index in [1.807, 2.05) is 107 Å². The average Bonchev–Trinajstić information content (AvgIpc) is 3.38. The Morgan fingerprint density at radius 1 is 0.511 bits per heavy atom. The second-order valence-electron chi connectivity index (χ2n) is 14.3. The van der Waals surface area contributed by atoms with E-state index in [2.05, 4.69) is 37.9 Å². The maximum absolute atomic E-state index is 8.98. The zero-order valence-electron chi connectivity index (χ0n) is 28.4. The van der Waals surface area contributed by atoms with Gasteiger partial charge in [-0.05, 0) is 125 Å². The molecule has 47 heavy (non-hydrogen) atoms. The summed E-state index contributed by atoms with van der Waals surface area (Å²) in [5.41, 5.74) is -0.0389. The molecule has 256 valence electrons. The molecule has 3 aliphatic heterocycles. The maximum Gasteiger partial charge on any atom is 0.494 e. The van der Waals surface area contributed by atoms with Gasteiger partial charge in [-0.2, -0.15) is 10.5 Å². The van der Waals surface area contributed by atoms with Crippen LogP contribution in [0.2, 0.25) is 0 Å². The number of hydrogen-bond donors (Lipinski definition) is 0. The second kappa shape index (κ2) is 15.5. The summed E-state index contributed by atoms with van der Waals surface area (Å²) in [5.74, 6) is 0.